The van der Waals surface area contributed by atoms with Crippen molar-refractivity contribution in [2.75, 3.05) is 81.1 Å². The van der Waals surface area contributed by atoms with E-state index in [0.717, 1.165) is 20.3 Å². The number of carbonyl (C=O) groups excluding carboxylic acids is 2. The van der Waals surface area contributed by atoms with Gasteiger partial charge < -0.3 is 20.8 Å². The normalized spacial score (nSPS) is 13.1. The second-order valence-corrected chi connectivity index (χ2v) is 23.9. The Morgan fingerprint density at radius 2 is 0.953 bits per heavy atom. The van der Waals surface area contributed by atoms with Gasteiger partial charge in [0.05, 0.1) is 78.2 Å². The summed E-state index contributed by atoms with van der Waals surface area (Å²) in [5.41, 5.74) is 2.94. The van der Waals surface area contributed by atoms with Crippen molar-refractivity contribution in [3.63, 3.8) is 0 Å². The highest BCUT2D eigenvalue weighted by Gasteiger charge is 2.03. The van der Waals surface area contributed by atoms with E-state index in [1.165, 1.54) is 69.9 Å². The van der Waals surface area contributed by atoms with E-state index < -0.39 is 21.6 Å². The van der Waals surface area contributed by atoms with Gasteiger partial charge in [-0.3, -0.25) is 28.0 Å². The molecule has 252 valence electrons. The summed E-state index contributed by atoms with van der Waals surface area (Å²) in [5, 5.41) is 28.9. The average molecular weight is 865 g/mol. The number of thioether (sulfide) groups is 12. The highest BCUT2D eigenvalue weighted by atomic mass is 32.3. The van der Waals surface area contributed by atoms with Crippen LogP contribution in [0, 0.1) is 0 Å². The number of hydrogen-bond acceptors (Lipinski definition) is 20. The van der Waals surface area contributed by atoms with Crippen molar-refractivity contribution in [2.45, 2.75) is 0 Å². The summed E-state index contributed by atoms with van der Waals surface area (Å²) in [6.45, 7) is 0. The van der Waals surface area contributed by atoms with Gasteiger partial charge in [0.1, 0.15) is 0 Å². The van der Waals surface area contributed by atoms with Gasteiger partial charge in [-0.25, -0.2) is 0 Å². The Hall–Kier alpha value is 2.70. The maximum Gasteiger partial charge on any atom is 0.280 e. The first-order valence-electron chi connectivity index (χ1n) is 11.5. The number of amides is 2. The molecule has 2 atom stereocenters. The van der Waals surface area contributed by atoms with Gasteiger partial charge in [0.25, 0.3) is 10.5 Å². The van der Waals surface area contributed by atoms with E-state index in [0.29, 0.717) is 48.9 Å². The fourth-order valence-electron chi connectivity index (χ4n) is 1.73. The molecule has 0 saturated carbocycles. The first-order valence-corrected chi connectivity index (χ1v) is 27.8. The highest BCUT2D eigenvalue weighted by Crippen LogP contribution is 2.20. The molecule has 0 fully saturated rings. The number of aliphatic hydroxyl groups is 2. The summed E-state index contributed by atoms with van der Waals surface area (Å²) in [7, 11) is -2.23. The molecule has 0 radical (unpaired) electrons. The van der Waals surface area contributed by atoms with Crippen molar-refractivity contribution < 1.29 is 28.2 Å². The summed E-state index contributed by atoms with van der Waals surface area (Å²) in [6.07, 6.45) is 0. The van der Waals surface area contributed by atoms with Crippen LogP contribution in [0.5, 0.6) is 0 Å². The molecule has 24 heteroatoms. The maximum absolute atomic E-state index is 12.0. The largest absolute Gasteiger partial charge is 0.386 e. The molecule has 2 amide bonds. The summed E-state index contributed by atoms with van der Waals surface area (Å²) in [6, 6.07) is 0. The molecule has 0 rings (SSSR count). The fraction of sp³-hybridized carbons (Fsp3) is 0.789. The van der Waals surface area contributed by atoms with E-state index in [2.05, 4.69) is 20.6 Å². The lowest BCUT2D eigenvalue weighted by atomic mass is 11.2. The predicted octanol–water partition coefficient (Wildman–Crippen LogP) is 6.11. The quantitative estimate of drug-likeness (QED) is 0.0284. The van der Waals surface area contributed by atoms with E-state index in [1.54, 1.807) is 82.3 Å². The Kier molecular flexibility index (Phi) is 39.9. The number of hydrogen-bond donors (Lipinski definition) is 4. The van der Waals surface area contributed by atoms with E-state index in [1.807, 2.05) is 0 Å². The third-order valence-corrected chi connectivity index (χ3v) is 18.8. The molecular formula is C19H36N4O6S14. The van der Waals surface area contributed by atoms with Crippen molar-refractivity contribution in [3.8, 4) is 0 Å². The first kappa shape index (κ1) is 45.7. The van der Waals surface area contributed by atoms with Gasteiger partial charge >= 0.3 is 0 Å². The van der Waals surface area contributed by atoms with Crippen molar-refractivity contribution >= 4 is 184 Å². The molecule has 0 aromatic rings. The molecule has 0 aliphatic rings. The second kappa shape index (κ2) is 37.5. The molecule has 0 saturated heterocycles. The Bertz CT molecular complexity index is 805. The van der Waals surface area contributed by atoms with Gasteiger partial charge in [-0.05, 0) is 0 Å². The second-order valence-electron chi connectivity index (χ2n) is 6.46. The Morgan fingerprint density at radius 3 is 1.40 bits per heavy atom. The van der Waals surface area contributed by atoms with Gasteiger partial charge in [0.2, 0.25) is 0 Å². The van der Waals surface area contributed by atoms with Crippen molar-refractivity contribution in [3.05, 3.63) is 0 Å². The van der Waals surface area contributed by atoms with Crippen molar-refractivity contribution in [1.82, 2.24) is 10.6 Å². The molecule has 10 nitrogen and oxygen atoms in total. The van der Waals surface area contributed by atoms with E-state index in [4.69, 9.17) is 10.2 Å². The predicted molar refractivity (Wildman–Crippen MR) is 219 cm³/mol. The van der Waals surface area contributed by atoms with Crippen molar-refractivity contribution in [2.24, 2.45) is 9.98 Å². The van der Waals surface area contributed by atoms with E-state index >= 15 is 0 Å². The number of nitrogens with zero attached hydrogens (tertiary/aromatic N) is 2. The number of aliphatic imine (C=N–C) groups is 2. The lowest BCUT2D eigenvalue weighted by Crippen LogP contribution is -2.17. The number of aliphatic hydroxyl groups excluding tert-OH is 2. The van der Waals surface area contributed by atoms with Gasteiger partial charge in [-0.1, -0.05) is 23.5 Å². The average Bonchev–Trinajstić information content (AvgIpc) is 2.99. The fourth-order valence-corrected chi connectivity index (χ4v) is 14.8. The van der Waals surface area contributed by atoms with E-state index in [9.17, 15) is 18.0 Å². The molecule has 0 aromatic carbocycles. The molecule has 43 heavy (non-hydrogen) atoms. The molecule has 0 heterocycles. The van der Waals surface area contributed by atoms with Crippen LogP contribution in [0.1, 0.15) is 0 Å². The standard InChI is InChI=1S/C19H36N4O6S14/c24-7-34-11-36-14-40-18(26)22-3-32-10-31-2-21-6-43(29)17-39-13-37-15-41-19(27)23-4-33-9-30-1-20-5-42(28)16-38-12-35-8-25/h5-6,24-25H,1-4,7-17H2,(H,22,26)(H,23,27)/b20-5+,21-6+. The molecule has 0 aliphatic carbocycles. The molecule has 2 unspecified atom stereocenters. The minimum Gasteiger partial charge on any atom is -0.386 e. The zero-order valence-corrected chi connectivity index (χ0v) is 34.3. The molecule has 0 aromatic heterocycles. The van der Waals surface area contributed by atoms with Gasteiger partial charge in [0.15, 0.2) is 0 Å². The molecule has 4 N–H and O–H groups in total. The summed E-state index contributed by atoms with van der Waals surface area (Å²) in [4.78, 5) is 31.9. The monoisotopic (exact) mass is 864 g/mol. The smallest absolute Gasteiger partial charge is 0.280 e. The van der Waals surface area contributed by atoms with Crippen LogP contribution in [0.15, 0.2) is 9.98 Å². The lowest BCUT2D eigenvalue weighted by Gasteiger charge is -2.04. The van der Waals surface area contributed by atoms with Crippen LogP contribution >= 0.6 is 141 Å². The van der Waals surface area contributed by atoms with Gasteiger partial charge in [-0.15, -0.1) is 118 Å². The number of rotatable bonds is 30. The minimum absolute atomic E-state index is 0.0536. The Balaban J connectivity index is 3.48. The number of nitrogens with one attached hydrogen (secondary N) is 2. The van der Waals surface area contributed by atoms with Crippen LogP contribution in [-0.4, -0.2) is 121 Å². The third kappa shape index (κ3) is 37.4. The molecular weight excluding hydrogens is 829 g/mol. The van der Waals surface area contributed by atoms with Crippen LogP contribution < -0.4 is 10.6 Å². The van der Waals surface area contributed by atoms with Gasteiger partial charge in [0, 0.05) is 35.6 Å². The van der Waals surface area contributed by atoms with Crippen LogP contribution in [0.2, 0.25) is 0 Å². The van der Waals surface area contributed by atoms with Gasteiger partial charge in [-0.2, -0.15) is 0 Å². The van der Waals surface area contributed by atoms with Crippen LogP contribution in [0.4, 0.5) is 9.59 Å². The number of carbonyl (C=O) groups is 2. The van der Waals surface area contributed by atoms with Crippen LogP contribution in [-0.2, 0) is 21.6 Å². The zero-order valence-electron chi connectivity index (χ0n) is 22.9. The molecule has 0 aliphatic heterocycles. The highest BCUT2D eigenvalue weighted by molar-refractivity contribution is 8.29. The summed E-state index contributed by atoms with van der Waals surface area (Å²) >= 11 is 17.8. The molecule has 0 spiro atoms. The van der Waals surface area contributed by atoms with Crippen molar-refractivity contribution in [1.29, 1.82) is 0 Å². The van der Waals surface area contributed by atoms with E-state index in [-0.39, 0.29) is 22.4 Å². The Labute approximate surface area is 310 Å². The summed E-state index contributed by atoms with van der Waals surface area (Å²) in [5.74, 6) is 2.26. The van der Waals surface area contributed by atoms with Crippen LogP contribution in [0.3, 0.4) is 0 Å². The third-order valence-electron chi connectivity index (χ3n) is 3.31. The van der Waals surface area contributed by atoms with Crippen LogP contribution in [0.25, 0.3) is 0 Å². The maximum atomic E-state index is 12.0. The Morgan fingerprint density at radius 1 is 0.558 bits per heavy atom. The summed E-state index contributed by atoms with van der Waals surface area (Å²) < 4.78 is 23.7. The SMILES string of the molecule is O=C(NCSCSC/N=C/S(=O)CSCSCSC(=O)NCSCSC/N=C/S(=O)CSCSCO)SCSCSCO. The zero-order chi connectivity index (χ0) is 31.6. The topological polar surface area (TPSA) is 158 Å². The minimum atomic E-state index is -1.13. The lowest BCUT2D eigenvalue weighted by molar-refractivity contribution is 0.261. The first-order chi connectivity index (χ1) is 21.0. The molecule has 0 bridgehead atoms.